The lowest BCUT2D eigenvalue weighted by atomic mass is 10.3. The molecule has 0 saturated carbocycles. The Hall–Kier alpha value is -1.92. The monoisotopic (exact) mass is 383 g/mol. The second-order valence-electron chi connectivity index (χ2n) is 5.15. The Bertz CT molecular complexity index is 712. The highest BCUT2D eigenvalue weighted by atomic mass is 35.5. The minimum Gasteiger partial charge on any atom is -0.497 e. The smallest absolute Gasteiger partial charge is 0.237 e. The van der Waals surface area contributed by atoms with Gasteiger partial charge in [0.15, 0.2) is 0 Å². The van der Waals surface area contributed by atoms with E-state index in [4.69, 9.17) is 21.1 Å². The zero-order chi connectivity index (χ0) is 18.2. The van der Waals surface area contributed by atoms with Gasteiger partial charge in [0.2, 0.25) is 5.91 Å². The Morgan fingerprint density at radius 2 is 1.92 bits per heavy atom. The van der Waals surface area contributed by atoms with E-state index in [9.17, 15) is 9.18 Å². The van der Waals surface area contributed by atoms with Crippen molar-refractivity contribution in [2.75, 3.05) is 24.8 Å². The molecule has 2 rings (SSSR count). The van der Waals surface area contributed by atoms with Gasteiger partial charge in [-0.2, -0.15) is 0 Å². The number of halogens is 2. The summed E-state index contributed by atoms with van der Waals surface area (Å²) in [4.78, 5) is 12.1. The van der Waals surface area contributed by atoms with Crippen LogP contribution in [0.2, 0.25) is 5.02 Å². The number of methoxy groups -OCH3 is 1. The van der Waals surface area contributed by atoms with Gasteiger partial charge < -0.3 is 14.8 Å². The molecule has 0 aliphatic carbocycles. The van der Waals surface area contributed by atoms with Crippen LogP contribution in [0.5, 0.6) is 11.5 Å². The van der Waals surface area contributed by atoms with E-state index in [-0.39, 0.29) is 21.9 Å². The molecule has 2 aromatic carbocycles. The molecule has 1 amide bonds. The Labute approximate surface area is 155 Å². The standard InChI is InChI=1S/C18H19ClFNO3S/c1-12(18(22)21-17-8-3-13(19)11-16(17)20)25-10-9-24-15-6-4-14(23-2)5-7-15/h3-8,11-12H,9-10H2,1-2H3,(H,21,22). The molecule has 134 valence electrons. The number of amides is 1. The summed E-state index contributed by atoms with van der Waals surface area (Å²) in [6, 6.07) is 11.4. The maximum atomic E-state index is 13.7. The number of anilines is 1. The highest BCUT2D eigenvalue weighted by Gasteiger charge is 2.15. The van der Waals surface area contributed by atoms with E-state index >= 15 is 0 Å². The van der Waals surface area contributed by atoms with E-state index in [2.05, 4.69) is 5.32 Å². The third-order valence-corrected chi connectivity index (χ3v) is 4.69. The lowest BCUT2D eigenvalue weighted by Crippen LogP contribution is -2.24. The van der Waals surface area contributed by atoms with Crippen LogP contribution in [0.4, 0.5) is 10.1 Å². The van der Waals surface area contributed by atoms with E-state index in [1.54, 1.807) is 14.0 Å². The molecule has 0 fully saturated rings. The fraction of sp³-hybridized carbons (Fsp3) is 0.278. The predicted octanol–water partition coefficient (Wildman–Crippen LogP) is 4.63. The molecule has 1 N–H and O–H groups in total. The van der Waals surface area contributed by atoms with E-state index < -0.39 is 5.82 Å². The van der Waals surface area contributed by atoms with Crippen molar-refractivity contribution in [3.8, 4) is 11.5 Å². The van der Waals surface area contributed by atoms with Crippen molar-refractivity contribution >= 4 is 35.0 Å². The molecular weight excluding hydrogens is 365 g/mol. The fourth-order valence-electron chi connectivity index (χ4n) is 1.96. The van der Waals surface area contributed by atoms with Crippen LogP contribution < -0.4 is 14.8 Å². The van der Waals surface area contributed by atoms with Crippen molar-refractivity contribution < 1.29 is 18.7 Å². The van der Waals surface area contributed by atoms with Gasteiger partial charge in [-0.15, -0.1) is 11.8 Å². The molecule has 7 heteroatoms. The minimum atomic E-state index is -0.555. The average molecular weight is 384 g/mol. The number of thioether (sulfide) groups is 1. The number of hydrogen-bond acceptors (Lipinski definition) is 4. The summed E-state index contributed by atoms with van der Waals surface area (Å²) in [5, 5.41) is 2.51. The Morgan fingerprint density at radius 3 is 2.56 bits per heavy atom. The minimum absolute atomic E-state index is 0.122. The van der Waals surface area contributed by atoms with Gasteiger partial charge in [0.1, 0.15) is 17.3 Å². The molecule has 25 heavy (non-hydrogen) atoms. The Morgan fingerprint density at radius 1 is 1.24 bits per heavy atom. The van der Waals surface area contributed by atoms with Crippen molar-refractivity contribution in [3.63, 3.8) is 0 Å². The Kier molecular flexibility index (Phi) is 7.40. The largest absolute Gasteiger partial charge is 0.497 e. The molecule has 1 unspecified atom stereocenters. The van der Waals surface area contributed by atoms with E-state index in [0.717, 1.165) is 17.6 Å². The molecular formula is C18H19ClFNO3S. The van der Waals surface area contributed by atoms with Crippen molar-refractivity contribution in [2.24, 2.45) is 0 Å². The van der Waals surface area contributed by atoms with Gasteiger partial charge in [-0.3, -0.25) is 4.79 Å². The molecule has 0 bridgehead atoms. The normalized spacial score (nSPS) is 11.7. The molecule has 0 radical (unpaired) electrons. The number of ether oxygens (including phenoxy) is 2. The summed E-state index contributed by atoms with van der Waals surface area (Å²) >= 11 is 7.12. The van der Waals surface area contributed by atoms with Crippen LogP contribution in [0.1, 0.15) is 6.92 Å². The van der Waals surface area contributed by atoms with Gasteiger partial charge in [0.05, 0.1) is 24.7 Å². The topological polar surface area (TPSA) is 47.6 Å². The van der Waals surface area contributed by atoms with E-state index in [0.29, 0.717) is 12.4 Å². The van der Waals surface area contributed by atoms with Crippen molar-refractivity contribution in [1.82, 2.24) is 0 Å². The van der Waals surface area contributed by atoms with Gasteiger partial charge >= 0.3 is 0 Å². The maximum Gasteiger partial charge on any atom is 0.237 e. The first-order valence-corrected chi connectivity index (χ1v) is 9.06. The highest BCUT2D eigenvalue weighted by Crippen LogP contribution is 2.21. The molecule has 0 aromatic heterocycles. The predicted molar refractivity (Wildman–Crippen MR) is 100 cm³/mol. The van der Waals surface area contributed by atoms with Crippen LogP contribution in [-0.4, -0.2) is 30.6 Å². The van der Waals surface area contributed by atoms with Gasteiger partial charge in [-0.05, 0) is 49.4 Å². The van der Waals surface area contributed by atoms with Crippen LogP contribution in [0, 0.1) is 5.82 Å². The number of carbonyl (C=O) groups is 1. The van der Waals surface area contributed by atoms with Gasteiger partial charge in [-0.25, -0.2) is 4.39 Å². The second kappa shape index (κ2) is 9.53. The Balaban J connectivity index is 1.73. The first-order chi connectivity index (χ1) is 12.0. The van der Waals surface area contributed by atoms with E-state index in [1.165, 1.54) is 23.9 Å². The van der Waals surface area contributed by atoms with Crippen molar-refractivity contribution in [2.45, 2.75) is 12.2 Å². The first-order valence-electron chi connectivity index (χ1n) is 7.64. The molecule has 0 spiro atoms. The van der Waals surface area contributed by atoms with Gasteiger partial charge in [0.25, 0.3) is 0 Å². The highest BCUT2D eigenvalue weighted by molar-refractivity contribution is 8.00. The summed E-state index contributed by atoms with van der Waals surface area (Å²) in [6.45, 7) is 2.23. The molecule has 0 heterocycles. The van der Waals surface area contributed by atoms with Crippen molar-refractivity contribution in [3.05, 3.63) is 53.3 Å². The quantitative estimate of drug-likeness (QED) is 0.675. The zero-order valence-corrected chi connectivity index (χ0v) is 15.5. The lowest BCUT2D eigenvalue weighted by Gasteiger charge is -2.13. The maximum absolute atomic E-state index is 13.7. The number of rotatable bonds is 8. The molecule has 2 aromatic rings. The summed E-state index contributed by atoms with van der Waals surface area (Å²) < 4.78 is 24.4. The molecule has 0 saturated heterocycles. The lowest BCUT2D eigenvalue weighted by molar-refractivity contribution is -0.115. The fourth-order valence-corrected chi connectivity index (χ4v) is 2.86. The third kappa shape index (κ3) is 6.14. The number of hydrogen-bond donors (Lipinski definition) is 1. The summed E-state index contributed by atoms with van der Waals surface area (Å²) in [7, 11) is 1.61. The van der Waals surface area contributed by atoms with E-state index in [1.807, 2.05) is 24.3 Å². The molecule has 0 aliphatic rings. The van der Waals surface area contributed by atoms with Crippen LogP contribution >= 0.6 is 23.4 Å². The molecule has 1 atom stereocenters. The van der Waals surface area contributed by atoms with Crippen LogP contribution in [0.3, 0.4) is 0 Å². The van der Waals surface area contributed by atoms with Crippen LogP contribution in [0.15, 0.2) is 42.5 Å². The zero-order valence-electron chi connectivity index (χ0n) is 13.9. The second-order valence-corrected chi connectivity index (χ2v) is 7.04. The average Bonchev–Trinajstić information content (AvgIpc) is 2.61. The summed E-state index contributed by atoms with van der Waals surface area (Å²) in [5.74, 6) is 1.31. The number of nitrogens with one attached hydrogen (secondary N) is 1. The number of carbonyl (C=O) groups excluding carboxylic acids is 1. The SMILES string of the molecule is COc1ccc(OCCSC(C)C(=O)Nc2ccc(Cl)cc2F)cc1. The first kappa shape index (κ1) is 19.4. The summed E-state index contributed by atoms with van der Waals surface area (Å²) in [6.07, 6.45) is 0. The van der Waals surface area contributed by atoms with Crippen LogP contribution in [-0.2, 0) is 4.79 Å². The third-order valence-electron chi connectivity index (χ3n) is 3.34. The number of benzene rings is 2. The van der Waals surface area contributed by atoms with Gasteiger partial charge in [0, 0.05) is 10.8 Å². The van der Waals surface area contributed by atoms with Gasteiger partial charge in [-0.1, -0.05) is 11.6 Å². The van der Waals surface area contributed by atoms with Crippen molar-refractivity contribution in [1.29, 1.82) is 0 Å². The summed E-state index contributed by atoms with van der Waals surface area (Å²) in [5.41, 5.74) is 0.122. The van der Waals surface area contributed by atoms with Crippen LogP contribution in [0.25, 0.3) is 0 Å². The molecule has 0 aliphatic heterocycles. The molecule has 4 nitrogen and oxygen atoms in total.